The van der Waals surface area contributed by atoms with Crippen molar-refractivity contribution in [1.82, 2.24) is 14.7 Å². The van der Waals surface area contributed by atoms with Gasteiger partial charge >= 0.3 is 0 Å². The van der Waals surface area contributed by atoms with E-state index in [-0.39, 0.29) is 42.6 Å². The first-order valence-corrected chi connectivity index (χ1v) is 13.7. The number of anilines is 1. The molecule has 220 valence electrons. The van der Waals surface area contributed by atoms with Gasteiger partial charge in [0.2, 0.25) is 5.91 Å². The Labute approximate surface area is 246 Å². The molecule has 1 aliphatic heterocycles. The summed E-state index contributed by atoms with van der Waals surface area (Å²) in [5.74, 6) is -0.0944. The van der Waals surface area contributed by atoms with Crippen LogP contribution in [-0.4, -0.2) is 39.9 Å². The number of nitrogens with one attached hydrogen (secondary N) is 2. The zero-order valence-electron chi connectivity index (χ0n) is 24.6. The van der Waals surface area contributed by atoms with Crippen molar-refractivity contribution in [3.8, 4) is 5.69 Å². The lowest BCUT2D eigenvalue weighted by Gasteiger charge is -2.25. The Morgan fingerprint density at radius 2 is 1.78 bits per heavy atom. The van der Waals surface area contributed by atoms with Crippen LogP contribution in [0.2, 0.25) is 0 Å². The van der Waals surface area contributed by atoms with E-state index in [9.17, 15) is 14.4 Å². The van der Waals surface area contributed by atoms with E-state index < -0.39 is 11.0 Å². The molecule has 2 amide bonds. The summed E-state index contributed by atoms with van der Waals surface area (Å²) in [7, 11) is 1.77. The number of hydrogen-bond acceptors (Lipinski definition) is 5. The van der Waals surface area contributed by atoms with Gasteiger partial charge in [0, 0.05) is 37.0 Å². The summed E-state index contributed by atoms with van der Waals surface area (Å²) in [4.78, 5) is 39.8. The van der Waals surface area contributed by atoms with Crippen molar-refractivity contribution in [2.24, 2.45) is 18.2 Å². The molecule has 0 spiro atoms. The molecule has 4 N–H and O–H groups in total. The number of rotatable bonds is 9. The highest BCUT2D eigenvalue weighted by molar-refractivity contribution is 6.31. The van der Waals surface area contributed by atoms with Crippen LogP contribution in [0.4, 0.5) is 5.69 Å². The number of halogens is 1. The van der Waals surface area contributed by atoms with E-state index in [1.807, 2.05) is 58.0 Å². The molecule has 0 atom stereocenters. The third-order valence-corrected chi connectivity index (χ3v) is 6.63. The molecule has 1 aliphatic rings. The average molecular weight is 582 g/mol. The number of hydrogen-bond donors (Lipinski definition) is 3. The SMILES string of the molecule is C=C1/C=C(/C)OC/C(C(=O)NCC(C)(C)CC(=O)Nc2c(CC(C)(C)N)n(C)n(-c3ccccc3)c2=O)=C\C(Cl)=C/1. The largest absolute Gasteiger partial charge is 0.493 e. The van der Waals surface area contributed by atoms with Crippen molar-refractivity contribution in [1.29, 1.82) is 0 Å². The zero-order valence-corrected chi connectivity index (χ0v) is 25.4. The topological polar surface area (TPSA) is 120 Å². The second-order valence-corrected chi connectivity index (χ2v) is 12.3. The Morgan fingerprint density at radius 1 is 1.12 bits per heavy atom. The fraction of sp³-hybridized carbons (Fsp3) is 0.387. The number of nitrogens with zero attached hydrogens (tertiary/aromatic N) is 2. The summed E-state index contributed by atoms with van der Waals surface area (Å²) in [6.45, 7) is 13.4. The van der Waals surface area contributed by atoms with Crippen LogP contribution in [0.15, 0.2) is 81.9 Å². The van der Waals surface area contributed by atoms with Gasteiger partial charge < -0.3 is 21.1 Å². The van der Waals surface area contributed by atoms with E-state index in [4.69, 9.17) is 22.1 Å². The monoisotopic (exact) mass is 581 g/mol. The first kappa shape index (κ1) is 31.7. The molecule has 41 heavy (non-hydrogen) atoms. The molecule has 3 rings (SSSR count). The Kier molecular flexibility index (Phi) is 9.89. The third-order valence-electron chi connectivity index (χ3n) is 6.41. The molecule has 0 unspecified atom stereocenters. The van der Waals surface area contributed by atoms with Gasteiger partial charge in [-0.15, -0.1) is 0 Å². The lowest BCUT2D eigenvalue weighted by atomic mass is 9.88. The molecule has 0 fully saturated rings. The molecule has 2 aromatic rings. The van der Waals surface area contributed by atoms with Crippen molar-refractivity contribution < 1.29 is 14.3 Å². The van der Waals surface area contributed by atoms with Crippen LogP contribution in [0.1, 0.15) is 46.7 Å². The van der Waals surface area contributed by atoms with Crippen LogP contribution in [0, 0.1) is 5.41 Å². The van der Waals surface area contributed by atoms with Gasteiger partial charge in [-0.1, -0.05) is 50.2 Å². The van der Waals surface area contributed by atoms with Crippen LogP contribution in [-0.2, 0) is 27.8 Å². The minimum atomic E-state index is -0.635. The molecule has 0 bridgehead atoms. The molecule has 1 aromatic carbocycles. The van der Waals surface area contributed by atoms with E-state index >= 15 is 0 Å². The summed E-state index contributed by atoms with van der Waals surface area (Å²) in [6, 6.07) is 9.20. The number of benzene rings is 1. The molecule has 0 saturated heterocycles. The lowest BCUT2D eigenvalue weighted by molar-refractivity contribution is -0.120. The van der Waals surface area contributed by atoms with Crippen molar-refractivity contribution in [3.05, 3.63) is 93.1 Å². The zero-order chi connectivity index (χ0) is 30.5. The molecule has 10 heteroatoms. The number of para-hydroxylation sites is 1. The Bertz CT molecular complexity index is 1470. The first-order valence-electron chi connectivity index (χ1n) is 13.4. The fourth-order valence-electron chi connectivity index (χ4n) is 4.48. The van der Waals surface area contributed by atoms with Crippen molar-refractivity contribution in [2.75, 3.05) is 18.5 Å². The normalized spacial score (nSPS) is 18.3. The molecule has 0 aliphatic carbocycles. The Hall–Kier alpha value is -3.82. The highest BCUT2D eigenvalue weighted by Crippen LogP contribution is 2.24. The minimum Gasteiger partial charge on any atom is -0.493 e. The quantitative estimate of drug-likeness (QED) is 0.404. The summed E-state index contributed by atoms with van der Waals surface area (Å²) in [5, 5.41) is 6.08. The predicted octanol–water partition coefficient (Wildman–Crippen LogP) is 4.47. The summed E-state index contributed by atoms with van der Waals surface area (Å²) in [5.41, 5.74) is 7.19. The van der Waals surface area contributed by atoms with Crippen LogP contribution in [0.3, 0.4) is 0 Å². The molecule has 0 saturated carbocycles. The third kappa shape index (κ3) is 8.83. The highest BCUT2D eigenvalue weighted by atomic mass is 35.5. The number of nitrogens with two attached hydrogens (primary N) is 1. The molecule has 1 aromatic heterocycles. The highest BCUT2D eigenvalue weighted by Gasteiger charge is 2.28. The number of ether oxygens (including phenoxy) is 1. The van der Waals surface area contributed by atoms with Gasteiger partial charge in [-0.25, -0.2) is 4.68 Å². The number of aromatic nitrogens is 2. The average Bonchev–Trinajstić information content (AvgIpc) is 3.10. The van der Waals surface area contributed by atoms with Gasteiger partial charge in [0.1, 0.15) is 12.3 Å². The maximum Gasteiger partial charge on any atom is 0.295 e. The van der Waals surface area contributed by atoms with Crippen molar-refractivity contribution in [3.63, 3.8) is 0 Å². The number of amides is 2. The van der Waals surface area contributed by atoms with Crippen molar-refractivity contribution in [2.45, 2.75) is 53.0 Å². The van der Waals surface area contributed by atoms with Gasteiger partial charge in [0.25, 0.3) is 11.5 Å². The molecule has 2 heterocycles. The number of carbonyl (C=O) groups is 2. The maximum absolute atomic E-state index is 13.5. The Morgan fingerprint density at radius 3 is 2.41 bits per heavy atom. The van der Waals surface area contributed by atoms with Gasteiger partial charge in [-0.2, -0.15) is 0 Å². The fourth-order valence-corrected chi connectivity index (χ4v) is 4.75. The molecular formula is C31H40ClN5O4. The van der Waals surface area contributed by atoms with Crippen LogP contribution < -0.4 is 21.9 Å². The lowest BCUT2D eigenvalue weighted by Crippen LogP contribution is -2.38. The van der Waals surface area contributed by atoms with E-state index in [2.05, 4.69) is 17.2 Å². The van der Waals surface area contributed by atoms with E-state index in [1.54, 1.807) is 36.9 Å². The van der Waals surface area contributed by atoms with Crippen LogP contribution in [0.25, 0.3) is 5.69 Å². The van der Waals surface area contributed by atoms with E-state index in [1.165, 1.54) is 4.68 Å². The van der Waals surface area contributed by atoms with E-state index in [0.717, 1.165) is 0 Å². The summed E-state index contributed by atoms with van der Waals surface area (Å²) >= 11 is 6.27. The second kappa shape index (κ2) is 12.8. The number of allylic oxidation sites excluding steroid dienone is 6. The summed E-state index contributed by atoms with van der Waals surface area (Å²) in [6.07, 6.45) is 5.35. The first-order chi connectivity index (χ1) is 19.1. The molecular weight excluding hydrogens is 542 g/mol. The minimum absolute atomic E-state index is 0.0361. The van der Waals surface area contributed by atoms with Gasteiger partial charge in [-0.05, 0) is 62.1 Å². The van der Waals surface area contributed by atoms with Gasteiger partial charge in [-0.3, -0.25) is 19.1 Å². The van der Waals surface area contributed by atoms with Gasteiger partial charge in [0.05, 0.1) is 22.7 Å². The van der Waals surface area contributed by atoms with Gasteiger partial charge in [0.15, 0.2) is 0 Å². The second-order valence-electron chi connectivity index (χ2n) is 11.9. The van der Waals surface area contributed by atoms with Crippen LogP contribution in [0.5, 0.6) is 0 Å². The van der Waals surface area contributed by atoms with E-state index in [0.29, 0.717) is 39.7 Å². The molecule has 0 radical (unpaired) electrons. The maximum atomic E-state index is 13.5. The summed E-state index contributed by atoms with van der Waals surface area (Å²) < 4.78 is 8.89. The number of carbonyl (C=O) groups excluding carboxylic acids is 2. The standard InChI is InChI=1S/C31H40ClN5O4/c1-20-13-21(2)41-18-22(15-23(32)14-20)28(39)34-19-30(3,4)17-26(38)35-27-25(16-31(5,6)33)36(7)37(29(27)40)24-11-9-8-10-12-24/h8-15H,1,16-19,33H2,2-7H3,(H,34,39)(H,35,38)/b21-13-,22-15+,23-14+. The van der Waals surface area contributed by atoms with Crippen LogP contribution >= 0.6 is 11.6 Å². The Balaban J connectivity index is 1.76. The molecule has 9 nitrogen and oxygen atoms in total. The van der Waals surface area contributed by atoms with Crippen molar-refractivity contribution >= 4 is 29.1 Å². The predicted molar refractivity (Wildman–Crippen MR) is 164 cm³/mol. The smallest absolute Gasteiger partial charge is 0.295 e.